The van der Waals surface area contributed by atoms with Gasteiger partial charge < -0.3 is 20.4 Å². The van der Waals surface area contributed by atoms with Crippen molar-refractivity contribution in [2.75, 3.05) is 37.6 Å². The molecule has 0 spiro atoms. The molecule has 2 aliphatic heterocycles. The Balaban J connectivity index is 1.20. The van der Waals surface area contributed by atoms with E-state index in [0.717, 1.165) is 23.4 Å². The Morgan fingerprint density at radius 2 is 1.73 bits per heavy atom. The van der Waals surface area contributed by atoms with Crippen molar-refractivity contribution in [3.63, 3.8) is 0 Å². The first kappa shape index (κ1) is 22.6. The lowest BCUT2D eigenvalue weighted by atomic mass is 9.95. The monoisotopic (exact) mass is 446 g/mol. The van der Waals surface area contributed by atoms with E-state index in [1.807, 2.05) is 70.5 Å². The van der Waals surface area contributed by atoms with Gasteiger partial charge >= 0.3 is 0 Å². The molecule has 0 radical (unpaired) electrons. The van der Waals surface area contributed by atoms with Gasteiger partial charge in [-0.1, -0.05) is 42.5 Å². The van der Waals surface area contributed by atoms with Crippen LogP contribution in [0.4, 0.5) is 5.69 Å². The summed E-state index contributed by atoms with van der Waals surface area (Å²) < 4.78 is 0. The van der Waals surface area contributed by atoms with E-state index in [-0.39, 0.29) is 23.6 Å². The van der Waals surface area contributed by atoms with E-state index in [1.165, 1.54) is 0 Å². The molecule has 7 nitrogen and oxygen atoms in total. The number of anilines is 1. The predicted molar refractivity (Wildman–Crippen MR) is 128 cm³/mol. The van der Waals surface area contributed by atoms with Crippen LogP contribution in [0.5, 0.6) is 0 Å². The summed E-state index contributed by atoms with van der Waals surface area (Å²) in [5, 5.41) is 5.86. The van der Waals surface area contributed by atoms with Crippen molar-refractivity contribution >= 4 is 29.5 Å². The zero-order valence-electron chi connectivity index (χ0n) is 18.7. The topological polar surface area (TPSA) is 81.8 Å². The normalized spacial score (nSPS) is 17.2. The Labute approximate surface area is 194 Å². The van der Waals surface area contributed by atoms with Gasteiger partial charge in [-0.3, -0.25) is 14.4 Å². The second kappa shape index (κ2) is 10.8. The quantitative estimate of drug-likeness (QED) is 0.667. The molecule has 0 atom stereocenters. The first-order valence-corrected chi connectivity index (χ1v) is 11.5. The first-order chi connectivity index (χ1) is 16.1. The number of rotatable bonds is 6. The van der Waals surface area contributed by atoms with Gasteiger partial charge in [-0.05, 0) is 42.2 Å². The Bertz CT molecular complexity index is 996. The van der Waals surface area contributed by atoms with Crippen LogP contribution >= 0.6 is 0 Å². The molecule has 2 heterocycles. The molecule has 0 aliphatic carbocycles. The molecule has 33 heavy (non-hydrogen) atoms. The number of likely N-dealkylation sites (tertiary alicyclic amines) is 1. The van der Waals surface area contributed by atoms with Crippen LogP contribution in [0.25, 0.3) is 6.08 Å². The summed E-state index contributed by atoms with van der Waals surface area (Å²) in [5.74, 6) is -0.00136. The zero-order chi connectivity index (χ0) is 23.0. The van der Waals surface area contributed by atoms with Crippen LogP contribution in [0.15, 0.2) is 60.7 Å². The molecule has 172 valence electrons. The van der Waals surface area contributed by atoms with Crippen molar-refractivity contribution in [2.45, 2.75) is 19.4 Å². The Hall–Kier alpha value is -3.61. The van der Waals surface area contributed by atoms with E-state index in [9.17, 15) is 14.4 Å². The molecule has 2 N–H and O–H groups in total. The maximum Gasteiger partial charge on any atom is 0.246 e. The number of hydrogen-bond donors (Lipinski definition) is 2. The smallest absolute Gasteiger partial charge is 0.246 e. The Morgan fingerprint density at radius 3 is 2.42 bits per heavy atom. The molecule has 2 saturated heterocycles. The number of nitrogens with one attached hydrogen (secondary N) is 2. The van der Waals surface area contributed by atoms with E-state index in [2.05, 4.69) is 10.6 Å². The maximum atomic E-state index is 12.6. The minimum Gasteiger partial charge on any atom is -0.360 e. The molecule has 2 aromatic rings. The maximum absolute atomic E-state index is 12.6. The molecular weight excluding hydrogens is 416 g/mol. The summed E-state index contributed by atoms with van der Waals surface area (Å²) in [6.45, 7) is 3.48. The Kier molecular flexibility index (Phi) is 7.40. The molecule has 2 aliphatic rings. The van der Waals surface area contributed by atoms with Crippen molar-refractivity contribution in [3.8, 4) is 0 Å². The van der Waals surface area contributed by atoms with Gasteiger partial charge in [-0.15, -0.1) is 0 Å². The van der Waals surface area contributed by atoms with Crippen LogP contribution < -0.4 is 15.5 Å². The molecule has 0 unspecified atom stereocenters. The van der Waals surface area contributed by atoms with E-state index < -0.39 is 0 Å². The third kappa shape index (κ3) is 6.22. The second-order valence-corrected chi connectivity index (χ2v) is 8.50. The fraction of sp³-hybridized carbons (Fsp3) is 0.346. The van der Waals surface area contributed by atoms with Gasteiger partial charge in [0.2, 0.25) is 17.7 Å². The van der Waals surface area contributed by atoms with Crippen LogP contribution in [0.2, 0.25) is 0 Å². The largest absolute Gasteiger partial charge is 0.360 e. The summed E-state index contributed by atoms with van der Waals surface area (Å²) in [6, 6.07) is 17.7. The lowest BCUT2D eigenvalue weighted by molar-refractivity contribution is -0.132. The number of amides is 3. The van der Waals surface area contributed by atoms with Gasteiger partial charge in [0, 0.05) is 50.4 Å². The fourth-order valence-corrected chi connectivity index (χ4v) is 4.22. The number of hydrogen-bond acceptors (Lipinski definition) is 4. The molecule has 0 bridgehead atoms. The highest BCUT2D eigenvalue weighted by Gasteiger charge is 2.26. The predicted octanol–water partition coefficient (Wildman–Crippen LogP) is 2.19. The average Bonchev–Trinajstić information content (AvgIpc) is 2.87. The van der Waals surface area contributed by atoms with Crippen LogP contribution in [0, 0.1) is 5.92 Å². The first-order valence-electron chi connectivity index (χ1n) is 11.5. The van der Waals surface area contributed by atoms with Crippen molar-refractivity contribution in [2.24, 2.45) is 5.92 Å². The summed E-state index contributed by atoms with van der Waals surface area (Å²) in [7, 11) is 0. The van der Waals surface area contributed by atoms with E-state index in [1.54, 1.807) is 6.08 Å². The second-order valence-electron chi connectivity index (χ2n) is 8.50. The number of nitrogens with zero attached hydrogens (tertiary/aromatic N) is 2. The number of piperidine rings is 1. The molecule has 2 aromatic carbocycles. The lowest BCUT2D eigenvalue weighted by Gasteiger charge is -2.30. The van der Waals surface area contributed by atoms with E-state index in [0.29, 0.717) is 45.6 Å². The van der Waals surface area contributed by atoms with Crippen molar-refractivity contribution < 1.29 is 14.4 Å². The molecule has 7 heteroatoms. The standard InChI is InChI=1S/C26H30N4O3/c31-24-19-30(17-14-27-24)23-9-6-21(7-10-23)18-28-26(33)22-12-15-29(16-13-22)25(32)11-8-20-4-2-1-3-5-20/h1-11,22H,12-19H2,(H,27,31)(H,28,33)/b11-8+. The minimum atomic E-state index is -0.0710. The summed E-state index contributed by atoms with van der Waals surface area (Å²) >= 11 is 0. The van der Waals surface area contributed by atoms with E-state index in [4.69, 9.17) is 0 Å². The fourth-order valence-electron chi connectivity index (χ4n) is 4.22. The zero-order valence-corrected chi connectivity index (χ0v) is 18.7. The number of benzene rings is 2. The number of carbonyl (C=O) groups is 3. The third-order valence-electron chi connectivity index (χ3n) is 6.20. The molecule has 0 aromatic heterocycles. The third-order valence-corrected chi connectivity index (χ3v) is 6.20. The van der Waals surface area contributed by atoms with Crippen LogP contribution in [-0.2, 0) is 20.9 Å². The average molecular weight is 447 g/mol. The summed E-state index contributed by atoms with van der Waals surface area (Å²) in [5.41, 5.74) is 3.03. The highest BCUT2D eigenvalue weighted by atomic mass is 16.2. The van der Waals surface area contributed by atoms with Gasteiger partial charge in [0.1, 0.15) is 0 Å². The highest BCUT2D eigenvalue weighted by molar-refractivity contribution is 5.92. The van der Waals surface area contributed by atoms with Gasteiger partial charge in [-0.2, -0.15) is 0 Å². The van der Waals surface area contributed by atoms with Crippen molar-refractivity contribution in [1.29, 1.82) is 0 Å². The minimum absolute atomic E-state index is 0.0102. The van der Waals surface area contributed by atoms with Crippen LogP contribution in [0.3, 0.4) is 0 Å². The molecule has 2 fully saturated rings. The van der Waals surface area contributed by atoms with Crippen molar-refractivity contribution in [3.05, 3.63) is 71.8 Å². The summed E-state index contributed by atoms with van der Waals surface area (Å²) in [6.07, 6.45) is 4.78. The van der Waals surface area contributed by atoms with Gasteiger partial charge in [0.15, 0.2) is 0 Å². The van der Waals surface area contributed by atoms with Crippen LogP contribution in [-0.4, -0.2) is 55.3 Å². The van der Waals surface area contributed by atoms with Gasteiger partial charge in [0.25, 0.3) is 0 Å². The summed E-state index contributed by atoms with van der Waals surface area (Å²) in [4.78, 5) is 40.5. The highest BCUT2D eigenvalue weighted by Crippen LogP contribution is 2.19. The van der Waals surface area contributed by atoms with E-state index >= 15 is 0 Å². The molecular formula is C26H30N4O3. The number of carbonyl (C=O) groups excluding carboxylic acids is 3. The SMILES string of the molecule is O=C1CN(c2ccc(CNC(=O)C3CCN(C(=O)/C=C/c4ccccc4)CC3)cc2)CCN1. The van der Waals surface area contributed by atoms with Gasteiger partial charge in [0.05, 0.1) is 6.54 Å². The van der Waals surface area contributed by atoms with Crippen LogP contribution in [0.1, 0.15) is 24.0 Å². The van der Waals surface area contributed by atoms with Crippen molar-refractivity contribution in [1.82, 2.24) is 15.5 Å². The van der Waals surface area contributed by atoms with Gasteiger partial charge in [-0.25, -0.2) is 0 Å². The molecule has 3 amide bonds. The molecule has 4 rings (SSSR count). The number of piperazine rings is 1. The Morgan fingerprint density at radius 1 is 1.00 bits per heavy atom. The lowest BCUT2D eigenvalue weighted by Crippen LogP contribution is -2.47. The molecule has 0 saturated carbocycles.